The van der Waals surface area contributed by atoms with E-state index in [9.17, 15) is 0 Å². The summed E-state index contributed by atoms with van der Waals surface area (Å²) >= 11 is 0. The molecule has 1 rings (SSSR count). The van der Waals surface area contributed by atoms with Gasteiger partial charge in [-0.1, -0.05) is 20.8 Å². The minimum Gasteiger partial charge on any atom is -0.496 e. The van der Waals surface area contributed by atoms with Gasteiger partial charge in [0, 0.05) is 5.59 Å². The van der Waals surface area contributed by atoms with Crippen molar-refractivity contribution in [3.8, 4) is 5.75 Å². The van der Waals surface area contributed by atoms with Gasteiger partial charge in [-0.3, -0.25) is 4.98 Å². The van der Waals surface area contributed by atoms with Crippen molar-refractivity contribution in [1.29, 1.82) is 0 Å². The zero-order valence-electron chi connectivity index (χ0n) is 12.2. The van der Waals surface area contributed by atoms with E-state index in [0.717, 1.165) is 5.69 Å². The van der Waals surface area contributed by atoms with Crippen LogP contribution < -0.4 is 10.3 Å². The molecule has 0 unspecified atom stereocenters. The molecule has 3 nitrogen and oxygen atoms in total. The van der Waals surface area contributed by atoms with Gasteiger partial charge in [-0.2, -0.15) is 0 Å². The molecule has 0 N–H and O–H groups in total. The van der Waals surface area contributed by atoms with Crippen LogP contribution in [0, 0.1) is 0 Å². The van der Waals surface area contributed by atoms with Gasteiger partial charge in [-0.05, 0) is 30.3 Å². The molecule has 0 fully saturated rings. The second-order valence-electron chi connectivity index (χ2n) is 5.94. The van der Waals surface area contributed by atoms with Crippen molar-refractivity contribution in [1.82, 2.24) is 4.98 Å². The average molecular weight is 263 g/mol. The summed E-state index contributed by atoms with van der Waals surface area (Å²) in [5.74, 6) is 0.603. The molecular weight excluding hydrogens is 241 g/mol. The molecule has 0 amide bonds. The normalized spacial score (nSPS) is 12.6. The minimum absolute atomic E-state index is 0.199. The van der Waals surface area contributed by atoms with E-state index < -0.39 is 8.32 Å². The van der Waals surface area contributed by atoms with Gasteiger partial charge in [0.25, 0.3) is 0 Å². The van der Waals surface area contributed by atoms with Gasteiger partial charge in [0.2, 0.25) is 0 Å². The molecule has 0 aliphatic carbocycles. The second-order valence-corrected chi connectivity index (χ2v) is 10.7. The van der Waals surface area contributed by atoms with E-state index in [2.05, 4.69) is 38.8 Å². The molecule has 0 saturated heterocycles. The first-order valence-corrected chi connectivity index (χ1v) is 9.01. The van der Waals surface area contributed by atoms with Crippen LogP contribution in [0.5, 0.6) is 5.75 Å². The predicted molar refractivity (Wildman–Crippen MR) is 78.2 cm³/mol. The smallest absolute Gasteiger partial charge is 0.192 e. The maximum Gasteiger partial charge on any atom is 0.192 e. The lowest BCUT2D eigenvalue weighted by atomic mass is 10.0. The molecule has 0 saturated carbocycles. The summed E-state index contributed by atoms with van der Waals surface area (Å²) in [5.41, 5.74) is 1.26. The Morgan fingerprint density at radius 1 is 1.28 bits per heavy atom. The van der Waals surface area contributed by atoms with Crippen LogP contribution in [0.2, 0.25) is 18.1 Å². The maximum atomic E-state index is 6.09. The Bertz CT molecular complexity index is 416. The summed E-state index contributed by atoms with van der Waals surface area (Å²) in [5, 5.41) is 0.199. The maximum absolute atomic E-state index is 6.09. The summed E-state index contributed by atoms with van der Waals surface area (Å²) in [6.45, 7) is 11.6. The lowest BCUT2D eigenvalue weighted by molar-refractivity contribution is 0.272. The van der Waals surface area contributed by atoms with Gasteiger partial charge < -0.3 is 9.16 Å². The largest absolute Gasteiger partial charge is 0.496 e. The molecule has 18 heavy (non-hydrogen) atoms. The monoisotopic (exact) mass is 263 g/mol. The van der Waals surface area contributed by atoms with Crippen molar-refractivity contribution >= 4 is 21.8 Å². The van der Waals surface area contributed by atoms with E-state index in [1.807, 2.05) is 12.1 Å². The summed E-state index contributed by atoms with van der Waals surface area (Å²) in [4.78, 5) is 4.28. The quantitative estimate of drug-likeness (QED) is 0.782. The fourth-order valence-electron chi connectivity index (χ4n) is 1.23. The van der Waals surface area contributed by atoms with E-state index >= 15 is 0 Å². The van der Waals surface area contributed by atoms with E-state index in [0.29, 0.717) is 17.9 Å². The molecule has 0 aliphatic rings. The molecule has 2 radical (unpaired) electrons. The molecule has 0 aliphatic heterocycles. The number of hydrogen-bond donors (Lipinski definition) is 0. The third-order valence-electron chi connectivity index (χ3n) is 3.55. The number of methoxy groups -OCH3 is 1. The van der Waals surface area contributed by atoms with Crippen molar-refractivity contribution in [2.45, 2.75) is 45.5 Å². The van der Waals surface area contributed by atoms with Gasteiger partial charge in [-0.15, -0.1) is 0 Å². The van der Waals surface area contributed by atoms with Crippen LogP contribution >= 0.6 is 0 Å². The first-order valence-electron chi connectivity index (χ1n) is 6.11. The van der Waals surface area contributed by atoms with E-state index in [1.54, 1.807) is 7.11 Å². The Morgan fingerprint density at radius 2 is 1.89 bits per heavy atom. The predicted octanol–water partition coefficient (Wildman–Crippen LogP) is 2.41. The highest BCUT2D eigenvalue weighted by molar-refractivity contribution is 6.74. The SMILES string of the molecule is [B]c1nc(CO[Si](C)(C)C(C)(C)C)ccc1OC. The van der Waals surface area contributed by atoms with Crippen LogP contribution in [0.3, 0.4) is 0 Å². The van der Waals surface area contributed by atoms with E-state index in [1.165, 1.54) is 0 Å². The van der Waals surface area contributed by atoms with Crippen LogP contribution in [0.15, 0.2) is 12.1 Å². The van der Waals surface area contributed by atoms with Gasteiger partial charge in [0.05, 0.1) is 19.4 Å². The van der Waals surface area contributed by atoms with Gasteiger partial charge in [0.15, 0.2) is 8.32 Å². The number of rotatable bonds is 4. The molecule has 0 bridgehead atoms. The highest BCUT2D eigenvalue weighted by atomic mass is 28.4. The van der Waals surface area contributed by atoms with Gasteiger partial charge in [-0.25, -0.2) is 0 Å². The van der Waals surface area contributed by atoms with Crippen LogP contribution in [0.1, 0.15) is 26.5 Å². The summed E-state index contributed by atoms with van der Waals surface area (Å²) in [6.07, 6.45) is 0. The zero-order valence-corrected chi connectivity index (χ0v) is 13.2. The molecule has 0 atom stereocenters. The standard InChI is InChI=1S/C13H22BNO2Si/c1-13(2,3)18(5,6)17-9-10-7-8-11(16-4)12(14)15-10/h7-8H,9H2,1-6H3. The molecule has 1 aromatic rings. The fourth-order valence-corrected chi connectivity index (χ4v) is 2.17. The second kappa shape index (κ2) is 5.45. The first-order chi connectivity index (χ1) is 8.17. The molecule has 1 heterocycles. The topological polar surface area (TPSA) is 31.4 Å². The molecule has 0 spiro atoms. The van der Waals surface area contributed by atoms with Crippen LogP contribution in [-0.2, 0) is 11.0 Å². The van der Waals surface area contributed by atoms with Crippen molar-refractivity contribution in [2.75, 3.05) is 7.11 Å². The van der Waals surface area contributed by atoms with Crippen molar-refractivity contribution < 1.29 is 9.16 Å². The fraction of sp³-hybridized carbons (Fsp3) is 0.615. The summed E-state index contributed by atoms with van der Waals surface area (Å²) in [7, 11) is 5.62. The third-order valence-corrected chi connectivity index (χ3v) is 8.03. The zero-order chi connectivity index (χ0) is 14.0. The number of aromatic nitrogens is 1. The first kappa shape index (κ1) is 15.2. The van der Waals surface area contributed by atoms with Gasteiger partial charge >= 0.3 is 0 Å². The number of hydrogen-bond acceptors (Lipinski definition) is 3. The molecule has 1 aromatic heterocycles. The Kier molecular flexibility index (Phi) is 4.62. The molecular formula is C13H22BNO2Si. The molecule has 98 valence electrons. The molecule has 5 heteroatoms. The Balaban J connectivity index is 2.73. The van der Waals surface area contributed by atoms with Crippen molar-refractivity contribution in [3.05, 3.63) is 17.8 Å². The summed E-state index contributed by atoms with van der Waals surface area (Å²) in [6, 6.07) is 3.72. The highest BCUT2D eigenvalue weighted by Gasteiger charge is 2.37. The number of pyridine rings is 1. The molecule has 0 aromatic carbocycles. The lowest BCUT2D eigenvalue weighted by Gasteiger charge is -2.36. The third kappa shape index (κ3) is 3.59. The van der Waals surface area contributed by atoms with Crippen LogP contribution in [0.25, 0.3) is 0 Å². The van der Waals surface area contributed by atoms with Crippen molar-refractivity contribution in [3.63, 3.8) is 0 Å². The van der Waals surface area contributed by atoms with Crippen molar-refractivity contribution in [2.24, 2.45) is 0 Å². The summed E-state index contributed by atoms with van der Waals surface area (Å²) < 4.78 is 11.2. The minimum atomic E-state index is -1.74. The average Bonchev–Trinajstić information content (AvgIpc) is 2.25. The van der Waals surface area contributed by atoms with Crippen LogP contribution in [0.4, 0.5) is 0 Å². The Hall–Kier alpha value is -0.808. The van der Waals surface area contributed by atoms with Gasteiger partial charge in [0.1, 0.15) is 13.6 Å². The van der Waals surface area contributed by atoms with Crippen LogP contribution in [-0.4, -0.2) is 28.3 Å². The highest BCUT2D eigenvalue weighted by Crippen LogP contribution is 2.36. The number of nitrogens with zero attached hydrogens (tertiary/aromatic N) is 1. The Labute approximate surface area is 112 Å². The lowest BCUT2D eigenvalue weighted by Crippen LogP contribution is -2.40. The Morgan fingerprint density at radius 3 is 2.33 bits per heavy atom. The van der Waals surface area contributed by atoms with E-state index in [4.69, 9.17) is 17.0 Å². The number of ether oxygens (including phenoxy) is 1. The van der Waals surface area contributed by atoms with E-state index in [-0.39, 0.29) is 5.04 Å².